The van der Waals surface area contributed by atoms with Gasteiger partial charge in [-0.25, -0.2) is 9.97 Å². The fourth-order valence-corrected chi connectivity index (χ4v) is 0.529. The summed E-state index contributed by atoms with van der Waals surface area (Å²) in [7, 11) is -1.68. The molecule has 11 heavy (non-hydrogen) atoms. The molecule has 1 aromatic rings. The van der Waals surface area contributed by atoms with Crippen molar-refractivity contribution >= 4 is 12.8 Å². The zero-order valence-corrected chi connectivity index (χ0v) is 5.47. The fourth-order valence-electron chi connectivity index (χ4n) is 0.529. The minimum absolute atomic E-state index is 0.107. The topological polar surface area (TPSA) is 90.0 Å². The first-order valence-corrected chi connectivity index (χ1v) is 2.82. The van der Waals surface area contributed by atoms with Gasteiger partial charge in [0.1, 0.15) is 6.07 Å². The molecular weight excluding hydrogens is 145 g/mol. The Morgan fingerprint density at radius 3 is 2.27 bits per heavy atom. The smallest absolute Gasteiger partial charge is 0.421 e. The van der Waals surface area contributed by atoms with Crippen molar-refractivity contribution in [2.75, 3.05) is 0 Å². The normalized spacial score (nSPS) is 8.82. The van der Waals surface area contributed by atoms with E-state index in [9.17, 15) is 0 Å². The van der Waals surface area contributed by atoms with E-state index in [4.69, 9.17) is 15.3 Å². The average Bonchev–Trinajstić information content (AvgIpc) is 2.05. The summed E-state index contributed by atoms with van der Waals surface area (Å²) in [5.74, 6) is 0. The SMILES string of the molecule is N#Cc1cnc(B(O)O)nc1. The van der Waals surface area contributed by atoms with Crippen LogP contribution in [0.1, 0.15) is 5.56 Å². The number of hydrogen-bond acceptors (Lipinski definition) is 5. The van der Waals surface area contributed by atoms with Crippen molar-refractivity contribution in [3.63, 3.8) is 0 Å². The van der Waals surface area contributed by atoms with Crippen LogP contribution in [0.5, 0.6) is 0 Å². The molecule has 0 aliphatic heterocycles. The Hall–Kier alpha value is -1.45. The quantitative estimate of drug-likeness (QED) is 0.452. The molecule has 0 fully saturated rings. The first kappa shape index (κ1) is 7.66. The Morgan fingerprint density at radius 2 is 1.91 bits per heavy atom. The van der Waals surface area contributed by atoms with Crippen LogP contribution in [0.3, 0.4) is 0 Å². The molecule has 5 nitrogen and oxygen atoms in total. The summed E-state index contributed by atoms with van der Waals surface area (Å²) in [6.45, 7) is 0. The number of rotatable bonds is 1. The molecule has 0 atom stereocenters. The van der Waals surface area contributed by atoms with E-state index in [1.807, 2.05) is 0 Å². The molecule has 1 aromatic heterocycles. The van der Waals surface area contributed by atoms with E-state index in [2.05, 4.69) is 9.97 Å². The van der Waals surface area contributed by atoms with Crippen LogP contribution in [0, 0.1) is 11.3 Å². The van der Waals surface area contributed by atoms with Crippen molar-refractivity contribution in [1.82, 2.24) is 9.97 Å². The van der Waals surface area contributed by atoms with E-state index in [1.165, 1.54) is 12.4 Å². The Kier molecular flexibility index (Phi) is 2.16. The van der Waals surface area contributed by atoms with E-state index in [1.54, 1.807) is 6.07 Å². The van der Waals surface area contributed by atoms with Gasteiger partial charge in [0.15, 0.2) is 5.72 Å². The lowest BCUT2D eigenvalue weighted by molar-refractivity contribution is 0.422. The van der Waals surface area contributed by atoms with Crippen LogP contribution in [-0.2, 0) is 0 Å². The summed E-state index contributed by atoms with van der Waals surface area (Å²) in [5.41, 5.74) is 0.179. The van der Waals surface area contributed by atoms with Gasteiger partial charge in [0.2, 0.25) is 0 Å². The standard InChI is InChI=1S/C5H4BN3O2/c7-1-4-2-8-5(6(10)11)9-3-4/h2-3,10-11H. The highest BCUT2D eigenvalue weighted by molar-refractivity contribution is 6.56. The third-order valence-corrected chi connectivity index (χ3v) is 1.03. The molecule has 0 aromatic carbocycles. The molecule has 2 N–H and O–H groups in total. The second-order valence-electron chi connectivity index (χ2n) is 1.82. The molecule has 0 aliphatic rings. The van der Waals surface area contributed by atoms with E-state index in [-0.39, 0.29) is 11.3 Å². The lowest BCUT2D eigenvalue weighted by Crippen LogP contribution is -2.35. The van der Waals surface area contributed by atoms with Crippen LogP contribution >= 0.6 is 0 Å². The number of nitriles is 1. The fraction of sp³-hybridized carbons (Fsp3) is 0. The molecule has 0 saturated heterocycles. The first-order chi connectivity index (χ1) is 5.24. The van der Waals surface area contributed by atoms with Gasteiger partial charge in [-0.2, -0.15) is 5.26 Å². The van der Waals surface area contributed by atoms with Gasteiger partial charge >= 0.3 is 7.12 Å². The maximum Gasteiger partial charge on any atom is 0.528 e. The molecule has 0 radical (unpaired) electrons. The minimum atomic E-state index is -1.68. The molecule has 0 amide bonds. The van der Waals surface area contributed by atoms with Crippen molar-refractivity contribution in [2.45, 2.75) is 0 Å². The van der Waals surface area contributed by atoms with Crippen LogP contribution in [0.15, 0.2) is 12.4 Å². The molecule has 0 bridgehead atoms. The summed E-state index contributed by atoms with van der Waals surface area (Å²) < 4.78 is 0. The van der Waals surface area contributed by atoms with Crippen molar-refractivity contribution < 1.29 is 10.0 Å². The summed E-state index contributed by atoms with van der Waals surface area (Å²) in [4.78, 5) is 7.03. The Labute approximate surface area is 63.1 Å². The van der Waals surface area contributed by atoms with E-state index in [0.29, 0.717) is 0 Å². The molecule has 0 spiro atoms. The van der Waals surface area contributed by atoms with Gasteiger partial charge in [-0.1, -0.05) is 0 Å². The van der Waals surface area contributed by atoms with Crippen molar-refractivity contribution in [3.8, 4) is 6.07 Å². The molecule has 6 heteroatoms. The molecule has 0 unspecified atom stereocenters. The largest absolute Gasteiger partial charge is 0.528 e. The monoisotopic (exact) mass is 149 g/mol. The van der Waals surface area contributed by atoms with Crippen LogP contribution in [-0.4, -0.2) is 27.1 Å². The number of nitrogens with zero attached hydrogens (tertiary/aromatic N) is 3. The number of hydrogen-bond donors (Lipinski definition) is 2. The first-order valence-electron chi connectivity index (χ1n) is 2.82. The zero-order chi connectivity index (χ0) is 8.27. The van der Waals surface area contributed by atoms with Gasteiger partial charge in [-0.15, -0.1) is 0 Å². The molecule has 54 valence electrons. The van der Waals surface area contributed by atoms with Crippen molar-refractivity contribution in [1.29, 1.82) is 5.26 Å². The van der Waals surface area contributed by atoms with E-state index in [0.717, 1.165) is 0 Å². The lowest BCUT2D eigenvalue weighted by Gasteiger charge is -1.94. The second kappa shape index (κ2) is 3.10. The molecule has 1 heterocycles. The number of aromatic nitrogens is 2. The van der Waals surface area contributed by atoms with Crippen molar-refractivity contribution in [2.24, 2.45) is 0 Å². The maximum absolute atomic E-state index is 8.53. The Morgan fingerprint density at radius 1 is 1.36 bits per heavy atom. The third kappa shape index (κ3) is 1.74. The predicted octanol–water partition coefficient (Wildman–Crippen LogP) is -1.97. The highest BCUT2D eigenvalue weighted by Crippen LogP contribution is 1.85. The van der Waals surface area contributed by atoms with Gasteiger partial charge in [0.05, 0.1) is 5.56 Å². The van der Waals surface area contributed by atoms with Gasteiger partial charge < -0.3 is 10.0 Å². The van der Waals surface area contributed by atoms with Crippen LogP contribution in [0.4, 0.5) is 0 Å². The van der Waals surface area contributed by atoms with Gasteiger partial charge in [-0.3, -0.25) is 0 Å². The second-order valence-corrected chi connectivity index (χ2v) is 1.82. The molecular formula is C5H4BN3O2. The van der Waals surface area contributed by atoms with E-state index >= 15 is 0 Å². The highest BCUT2D eigenvalue weighted by Gasteiger charge is 2.13. The summed E-state index contributed by atoms with van der Waals surface area (Å²) in [5, 5.41) is 25.4. The molecule has 0 saturated carbocycles. The highest BCUT2D eigenvalue weighted by atomic mass is 16.4. The Bertz CT molecular complexity index is 279. The van der Waals surface area contributed by atoms with Gasteiger partial charge in [0, 0.05) is 12.4 Å². The van der Waals surface area contributed by atoms with Crippen LogP contribution in [0.25, 0.3) is 0 Å². The summed E-state index contributed by atoms with van der Waals surface area (Å²) >= 11 is 0. The maximum atomic E-state index is 8.53. The molecule has 1 rings (SSSR count). The zero-order valence-electron chi connectivity index (χ0n) is 5.47. The average molecular weight is 149 g/mol. The third-order valence-electron chi connectivity index (χ3n) is 1.03. The van der Waals surface area contributed by atoms with Crippen LogP contribution in [0.2, 0.25) is 0 Å². The molecule has 0 aliphatic carbocycles. The van der Waals surface area contributed by atoms with Gasteiger partial charge in [0.25, 0.3) is 0 Å². The van der Waals surface area contributed by atoms with Crippen molar-refractivity contribution in [3.05, 3.63) is 18.0 Å². The summed E-state index contributed by atoms with van der Waals surface area (Å²) in [6, 6.07) is 1.80. The predicted molar refractivity (Wildman–Crippen MR) is 36.6 cm³/mol. The van der Waals surface area contributed by atoms with E-state index < -0.39 is 7.12 Å². The lowest BCUT2D eigenvalue weighted by atomic mass is 9.91. The van der Waals surface area contributed by atoms with Crippen LogP contribution < -0.4 is 5.72 Å². The summed E-state index contributed by atoms with van der Waals surface area (Å²) in [6.07, 6.45) is 2.45. The minimum Gasteiger partial charge on any atom is -0.421 e. The van der Waals surface area contributed by atoms with Gasteiger partial charge in [-0.05, 0) is 0 Å². The Balaban J connectivity index is 2.94.